The predicted octanol–water partition coefficient (Wildman–Crippen LogP) is 3.91. The number of hydrogen-bond donors (Lipinski definition) is 1. The molecule has 122 valence electrons. The van der Waals surface area contributed by atoms with Gasteiger partial charge in [0.2, 0.25) is 0 Å². The van der Waals surface area contributed by atoms with Crippen molar-refractivity contribution in [1.82, 2.24) is 0 Å². The summed E-state index contributed by atoms with van der Waals surface area (Å²) < 4.78 is 10.8. The van der Waals surface area contributed by atoms with Crippen LogP contribution < -0.4 is 10.1 Å². The van der Waals surface area contributed by atoms with E-state index in [1.165, 1.54) is 24.3 Å². The molecule has 2 aromatic carbocycles. The third-order valence-electron chi connectivity index (χ3n) is 3.69. The maximum Gasteiger partial charge on any atom is 0.291 e. The summed E-state index contributed by atoms with van der Waals surface area (Å²) >= 11 is 0. The highest BCUT2D eigenvalue weighted by molar-refractivity contribution is 6.06. The molecule has 3 aromatic rings. The number of rotatable bonds is 4. The number of nitro groups is 1. The average Bonchev–Trinajstić information content (AvgIpc) is 2.91. The van der Waals surface area contributed by atoms with Gasteiger partial charge < -0.3 is 14.5 Å². The fourth-order valence-corrected chi connectivity index (χ4v) is 2.40. The van der Waals surface area contributed by atoms with E-state index in [-0.39, 0.29) is 11.4 Å². The number of amides is 1. The number of carbonyl (C=O) groups excluding carboxylic acids is 1. The second kappa shape index (κ2) is 6.04. The summed E-state index contributed by atoms with van der Waals surface area (Å²) in [5, 5.41) is 14.1. The predicted molar refractivity (Wildman–Crippen MR) is 88.6 cm³/mol. The van der Waals surface area contributed by atoms with Crippen LogP contribution in [0.5, 0.6) is 5.75 Å². The standard InChI is InChI=1S/C17H14N2O5/c1-10-14-9-13(23-2)7-8-15(14)24-16(10)17(20)18-11-3-5-12(6-4-11)19(21)22/h3-9H,1-2H3,(H,18,20). The van der Waals surface area contributed by atoms with Crippen LogP contribution in [0.1, 0.15) is 16.1 Å². The average molecular weight is 326 g/mol. The first-order valence-electron chi connectivity index (χ1n) is 7.12. The fourth-order valence-electron chi connectivity index (χ4n) is 2.40. The molecule has 7 heteroatoms. The number of fused-ring (bicyclic) bond motifs is 1. The summed E-state index contributed by atoms with van der Waals surface area (Å²) in [7, 11) is 1.57. The summed E-state index contributed by atoms with van der Waals surface area (Å²) in [5.74, 6) is 0.446. The highest BCUT2D eigenvalue weighted by Gasteiger charge is 2.18. The SMILES string of the molecule is COc1ccc2oc(C(=O)Nc3ccc([N+](=O)[O-])cc3)c(C)c2c1. The van der Waals surface area contributed by atoms with Gasteiger partial charge in [0, 0.05) is 28.8 Å². The minimum absolute atomic E-state index is 0.0417. The van der Waals surface area contributed by atoms with Crippen molar-refractivity contribution < 1.29 is 18.9 Å². The number of hydrogen-bond acceptors (Lipinski definition) is 5. The number of benzene rings is 2. The number of nitro benzene ring substituents is 1. The highest BCUT2D eigenvalue weighted by Crippen LogP contribution is 2.29. The molecule has 0 aliphatic carbocycles. The molecule has 0 bridgehead atoms. The molecule has 0 radical (unpaired) electrons. The number of ether oxygens (including phenoxy) is 1. The first-order chi connectivity index (χ1) is 11.5. The van der Waals surface area contributed by atoms with Gasteiger partial charge in [0.15, 0.2) is 5.76 Å². The summed E-state index contributed by atoms with van der Waals surface area (Å²) in [6.45, 7) is 1.79. The molecule has 1 aromatic heterocycles. The first kappa shape index (κ1) is 15.5. The quantitative estimate of drug-likeness (QED) is 0.579. The molecule has 0 atom stereocenters. The molecule has 0 fully saturated rings. The van der Waals surface area contributed by atoms with Gasteiger partial charge >= 0.3 is 0 Å². The van der Waals surface area contributed by atoms with E-state index in [2.05, 4.69) is 5.32 Å². The minimum atomic E-state index is -0.498. The Morgan fingerprint density at radius 1 is 1.21 bits per heavy atom. The zero-order valence-corrected chi connectivity index (χ0v) is 13.0. The minimum Gasteiger partial charge on any atom is -0.497 e. The van der Waals surface area contributed by atoms with E-state index < -0.39 is 10.8 Å². The lowest BCUT2D eigenvalue weighted by molar-refractivity contribution is -0.384. The third-order valence-corrected chi connectivity index (χ3v) is 3.69. The Morgan fingerprint density at radius 3 is 2.54 bits per heavy atom. The van der Waals surface area contributed by atoms with E-state index in [1.807, 2.05) is 0 Å². The zero-order chi connectivity index (χ0) is 17.3. The maximum atomic E-state index is 12.4. The Kier molecular flexibility index (Phi) is 3.91. The van der Waals surface area contributed by atoms with Crippen LogP contribution in [-0.4, -0.2) is 17.9 Å². The molecule has 1 N–H and O–H groups in total. The van der Waals surface area contributed by atoms with E-state index >= 15 is 0 Å². The van der Waals surface area contributed by atoms with E-state index in [0.29, 0.717) is 22.6 Å². The summed E-state index contributed by atoms with van der Waals surface area (Å²) in [4.78, 5) is 22.6. The molecule has 3 rings (SSSR count). The Balaban J connectivity index is 1.88. The van der Waals surface area contributed by atoms with Gasteiger partial charge in [-0.1, -0.05) is 0 Å². The Morgan fingerprint density at radius 2 is 1.92 bits per heavy atom. The summed E-state index contributed by atoms with van der Waals surface area (Å²) in [5.41, 5.74) is 1.69. The monoisotopic (exact) mass is 326 g/mol. The van der Waals surface area contributed by atoms with Gasteiger partial charge in [-0.3, -0.25) is 14.9 Å². The van der Waals surface area contributed by atoms with E-state index in [9.17, 15) is 14.9 Å². The number of furan rings is 1. The Labute approximate surface area is 137 Å². The van der Waals surface area contributed by atoms with Crippen molar-refractivity contribution in [2.75, 3.05) is 12.4 Å². The summed E-state index contributed by atoms with van der Waals surface area (Å²) in [6, 6.07) is 10.9. The van der Waals surface area contributed by atoms with E-state index in [1.54, 1.807) is 32.2 Å². The molecule has 0 spiro atoms. The topological polar surface area (TPSA) is 94.6 Å². The number of nitrogens with zero attached hydrogens (tertiary/aromatic N) is 1. The van der Waals surface area contributed by atoms with Crippen LogP contribution in [0.25, 0.3) is 11.0 Å². The van der Waals surface area contributed by atoms with Crippen molar-refractivity contribution >= 4 is 28.3 Å². The molecule has 0 aliphatic rings. The lowest BCUT2D eigenvalue weighted by atomic mass is 10.1. The molecule has 7 nitrogen and oxygen atoms in total. The van der Waals surface area contributed by atoms with Crippen molar-refractivity contribution in [3.63, 3.8) is 0 Å². The number of anilines is 1. The lowest BCUT2D eigenvalue weighted by Gasteiger charge is -2.03. The maximum absolute atomic E-state index is 12.4. The first-order valence-corrected chi connectivity index (χ1v) is 7.12. The number of nitrogens with one attached hydrogen (secondary N) is 1. The van der Waals surface area contributed by atoms with Gasteiger partial charge in [0.05, 0.1) is 12.0 Å². The van der Waals surface area contributed by atoms with Crippen LogP contribution in [0.4, 0.5) is 11.4 Å². The van der Waals surface area contributed by atoms with Gasteiger partial charge in [0.25, 0.3) is 11.6 Å². The van der Waals surface area contributed by atoms with Crippen LogP contribution in [0.15, 0.2) is 46.9 Å². The fraction of sp³-hybridized carbons (Fsp3) is 0.118. The van der Waals surface area contributed by atoms with Crippen molar-refractivity contribution in [2.45, 2.75) is 6.92 Å². The van der Waals surface area contributed by atoms with Crippen molar-refractivity contribution in [2.24, 2.45) is 0 Å². The molecule has 1 amide bonds. The molecule has 0 saturated carbocycles. The second-order valence-electron chi connectivity index (χ2n) is 5.18. The molecular formula is C17H14N2O5. The smallest absolute Gasteiger partial charge is 0.291 e. The van der Waals surface area contributed by atoms with Crippen LogP contribution >= 0.6 is 0 Å². The van der Waals surface area contributed by atoms with Crippen LogP contribution in [0.3, 0.4) is 0 Å². The van der Waals surface area contributed by atoms with Crippen LogP contribution in [0.2, 0.25) is 0 Å². The van der Waals surface area contributed by atoms with Gasteiger partial charge in [-0.2, -0.15) is 0 Å². The van der Waals surface area contributed by atoms with E-state index in [4.69, 9.17) is 9.15 Å². The lowest BCUT2D eigenvalue weighted by Crippen LogP contribution is -2.12. The Bertz CT molecular complexity index is 928. The van der Waals surface area contributed by atoms with Gasteiger partial charge in [-0.05, 0) is 37.3 Å². The third kappa shape index (κ3) is 2.79. The van der Waals surface area contributed by atoms with Crippen molar-refractivity contribution in [3.8, 4) is 5.75 Å². The number of carbonyl (C=O) groups is 1. The largest absolute Gasteiger partial charge is 0.497 e. The second-order valence-corrected chi connectivity index (χ2v) is 5.18. The van der Waals surface area contributed by atoms with E-state index in [0.717, 1.165) is 5.39 Å². The number of aryl methyl sites for hydroxylation is 1. The molecule has 0 unspecified atom stereocenters. The molecule has 1 heterocycles. The zero-order valence-electron chi connectivity index (χ0n) is 13.0. The van der Waals surface area contributed by atoms with Crippen molar-refractivity contribution in [1.29, 1.82) is 0 Å². The highest BCUT2D eigenvalue weighted by atomic mass is 16.6. The molecule has 24 heavy (non-hydrogen) atoms. The van der Waals surface area contributed by atoms with Crippen LogP contribution in [-0.2, 0) is 0 Å². The number of methoxy groups -OCH3 is 1. The van der Waals surface area contributed by atoms with Gasteiger partial charge in [-0.25, -0.2) is 0 Å². The summed E-state index contributed by atoms with van der Waals surface area (Å²) in [6.07, 6.45) is 0. The number of non-ortho nitro benzene ring substituents is 1. The molecular weight excluding hydrogens is 312 g/mol. The van der Waals surface area contributed by atoms with Gasteiger partial charge in [-0.15, -0.1) is 0 Å². The normalized spacial score (nSPS) is 10.6. The van der Waals surface area contributed by atoms with Crippen LogP contribution in [0, 0.1) is 17.0 Å². The molecule has 0 saturated heterocycles. The van der Waals surface area contributed by atoms with Gasteiger partial charge in [0.1, 0.15) is 11.3 Å². The van der Waals surface area contributed by atoms with Crippen molar-refractivity contribution in [3.05, 3.63) is 63.9 Å². The Hall–Kier alpha value is -3.35. The molecule has 0 aliphatic heterocycles.